The molecular weight excluding hydrogens is 348 g/mol. The van der Waals surface area contributed by atoms with Crippen LogP contribution in [0.4, 0.5) is 0 Å². The summed E-state index contributed by atoms with van der Waals surface area (Å²) in [4.78, 5) is 0. The van der Waals surface area contributed by atoms with Crippen molar-refractivity contribution in [2.45, 2.75) is 120 Å². The summed E-state index contributed by atoms with van der Waals surface area (Å²) in [5.41, 5.74) is 3.06. The predicted octanol–water partition coefficient (Wildman–Crippen LogP) is 9.30. The second-order valence-electron chi connectivity index (χ2n) is 12.6. The summed E-state index contributed by atoms with van der Waals surface area (Å²) >= 11 is 0. The Morgan fingerprint density at radius 1 is 0.966 bits per heavy atom. The van der Waals surface area contributed by atoms with E-state index < -0.39 is 0 Å². The van der Waals surface area contributed by atoms with Crippen molar-refractivity contribution in [2.75, 3.05) is 0 Å². The van der Waals surface area contributed by atoms with E-state index in [4.69, 9.17) is 0 Å². The molecule has 0 aliphatic heterocycles. The summed E-state index contributed by atoms with van der Waals surface area (Å²) in [6.45, 7) is 15.3. The minimum Gasteiger partial charge on any atom is -0.0845 e. The Morgan fingerprint density at radius 2 is 1.72 bits per heavy atom. The molecule has 0 heterocycles. The van der Waals surface area contributed by atoms with Crippen LogP contribution in [0.25, 0.3) is 0 Å². The molecule has 0 spiro atoms. The average Bonchev–Trinajstić information content (AvgIpc) is 2.99. The van der Waals surface area contributed by atoms with E-state index in [9.17, 15) is 0 Å². The molecule has 0 nitrogen and oxygen atoms in total. The van der Waals surface area contributed by atoms with Gasteiger partial charge in [0.15, 0.2) is 0 Å². The molecule has 0 radical (unpaired) electrons. The third-order valence-electron chi connectivity index (χ3n) is 10.6. The molecule has 0 N–H and O–H groups in total. The van der Waals surface area contributed by atoms with Gasteiger partial charge in [0.25, 0.3) is 0 Å². The van der Waals surface area contributed by atoms with E-state index in [-0.39, 0.29) is 7.43 Å². The van der Waals surface area contributed by atoms with E-state index in [1.54, 1.807) is 0 Å². The summed E-state index contributed by atoms with van der Waals surface area (Å²) in [5.74, 6) is 6.73. The molecule has 0 saturated heterocycles. The quantitative estimate of drug-likeness (QED) is 0.403. The number of rotatable bonds is 5. The van der Waals surface area contributed by atoms with Crippen molar-refractivity contribution in [1.29, 1.82) is 0 Å². The van der Waals surface area contributed by atoms with Crippen LogP contribution in [0.15, 0.2) is 11.6 Å². The molecule has 3 saturated carbocycles. The van der Waals surface area contributed by atoms with Gasteiger partial charge in [-0.3, -0.25) is 0 Å². The molecule has 0 aromatic rings. The minimum absolute atomic E-state index is 0. The van der Waals surface area contributed by atoms with Crippen molar-refractivity contribution < 1.29 is 0 Å². The predicted molar refractivity (Wildman–Crippen MR) is 129 cm³/mol. The van der Waals surface area contributed by atoms with Gasteiger partial charge in [0.05, 0.1) is 0 Å². The van der Waals surface area contributed by atoms with Crippen LogP contribution in [0.1, 0.15) is 120 Å². The zero-order valence-corrected chi connectivity index (χ0v) is 19.9. The molecular formula is C29H52. The Bertz CT molecular complexity index is 585. The van der Waals surface area contributed by atoms with Gasteiger partial charge < -0.3 is 0 Å². The van der Waals surface area contributed by atoms with Crippen molar-refractivity contribution in [2.24, 2.45) is 52.3 Å². The SMILES string of the molecule is C.CC(C)CCCC(C)C1CCC2C3CC=C4CC(C)CCC4(C)C3CCC12C. The fraction of sp³-hybridized carbons (Fsp3) is 0.931. The van der Waals surface area contributed by atoms with Crippen LogP contribution in [0.2, 0.25) is 0 Å². The van der Waals surface area contributed by atoms with Gasteiger partial charge in [-0.15, -0.1) is 0 Å². The molecule has 4 rings (SSSR count). The van der Waals surface area contributed by atoms with Gasteiger partial charge in [0.2, 0.25) is 0 Å². The Kier molecular flexibility index (Phi) is 7.02. The second kappa shape index (κ2) is 8.70. The van der Waals surface area contributed by atoms with Gasteiger partial charge in [-0.2, -0.15) is 0 Å². The van der Waals surface area contributed by atoms with Gasteiger partial charge in [-0.25, -0.2) is 0 Å². The minimum atomic E-state index is 0. The number of hydrogen-bond donors (Lipinski definition) is 0. The zero-order chi connectivity index (χ0) is 20.1. The fourth-order valence-corrected chi connectivity index (χ4v) is 8.87. The molecule has 168 valence electrons. The van der Waals surface area contributed by atoms with Gasteiger partial charge in [-0.1, -0.05) is 79.9 Å². The number of allylic oxidation sites excluding steroid dienone is 2. The molecule has 8 atom stereocenters. The first-order valence-corrected chi connectivity index (χ1v) is 12.9. The Labute approximate surface area is 183 Å². The lowest BCUT2D eigenvalue weighted by Crippen LogP contribution is -2.50. The van der Waals surface area contributed by atoms with Crippen molar-refractivity contribution in [1.82, 2.24) is 0 Å². The largest absolute Gasteiger partial charge is 0.0845 e. The number of hydrogen-bond acceptors (Lipinski definition) is 0. The molecule has 0 amide bonds. The second-order valence-corrected chi connectivity index (χ2v) is 12.6. The third kappa shape index (κ3) is 4.01. The summed E-state index contributed by atoms with van der Waals surface area (Å²) in [6.07, 6.45) is 19.0. The van der Waals surface area contributed by atoms with Crippen LogP contribution in [0, 0.1) is 52.3 Å². The maximum Gasteiger partial charge on any atom is -0.00851 e. The van der Waals surface area contributed by atoms with Gasteiger partial charge in [0.1, 0.15) is 0 Å². The highest BCUT2D eigenvalue weighted by Crippen LogP contribution is 2.67. The first kappa shape index (κ1) is 23.4. The topological polar surface area (TPSA) is 0 Å². The van der Waals surface area contributed by atoms with Crippen LogP contribution in [0.3, 0.4) is 0 Å². The van der Waals surface area contributed by atoms with E-state index in [2.05, 4.69) is 47.6 Å². The zero-order valence-electron chi connectivity index (χ0n) is 19.9. The van der Waals surface area contributed by atoms with E-state index in [0.717, 1.165) is 41.4 Å². The molecule has 0 heteroatoms. The van der Waals surface area contributed by atoms with Crippen molar-refractivity contribution in [3.63, 3.8) is 0 Å². The highest BCUT2D eigenvalue weighted by molar-refractivity contribution is 5.25. The number of fused-ring (bicyclic) bond motifs is 5. The van der Waals surface area contributed by atoms with Crippen LogP contribution in [-0.4, -0.2) is 0 Å². The third-order valence-corrected chi connectivity index (χ3v) is 10.6. The monoisotopic (exact) mass is 400 g/mol. The fourth-order valence-electron chi connectivity index (χ4n) is 8.87. The first-order chi connectivity index (χ1) is 13.3. The summed E-state index contributed by atoms with van der Waals surface area (Å²) < 4.78 is 0. The van der Waals surface area contributed by atoms with Gasteiger partial charge in [-0.05, 0) is 104 Å². The highest BCUT2D eigenvalue weighted by atomic mass is 14.6. The van der Waals surface area contributed by atoms with Crippen LogP contribution in [-0.2, 0) is 0 Å². The summed E-state index contributed by atoms with van der Waals surface area (Å²) in [6, 6.07) is 0. The summed E-state index contributed by atoms with van der Waals surface area (Å²) in [5, 5.41) is 0. The lowest BCUT2D eigenvalue weighted by molar-refractivity contribution is -0.0523. The Hall–Kier alpha value is -0.260. The van der Waals surface area contributed by atoms with Crippen molar-refractivity contribution in [3.8, 4) is 0 Å². The van der Waals surface area contributed by atoms with Crippen LogP contribution >= 0.6 is 0 Å². The molecule has 4 aliphatic rings. The summed E-state index contributed by atoms with van der Waals surface area (Å²) in [7, 11) is 0. The highest BCUT2D eigenvalue weighted by Gasteiger charge is 2.58. The Morgan fingerprint density at radius 3 is 2.45 bits per heavy atom. The lowest BCUT2D eigenvalue weighted by atomic mass is 9.46. The molecule has 0 aromatic heterocycles. The van der Waals surface area contributed by atoms with Crippen LogP contribution < -0.4 is 0 Å². The Balaban J connectivity index is 0.00000240. The maximum atomic E-state index is 2.75. The van der Waals surface area contributed by atoms with Gasteiger partial charge in [0, 0.05) is 0 Å². The lowest BCUT2D eigenvalue weighted by Gasteiger charge is -2.58. The standard InChI is InChI=1S/C28H48.CH4/c1-19(2)8-7-9-21(4)24-12-13-25-23-11-10-22-18-20(3)14-16-27(22,5)26(23)15-17-28(24,25)6;/h10,19-21,23-26H,7-9,11-18H2,1-6H3;1H4. The van der Waals surface area contributed by atoms with Crippen molar-refractivity contribution in [3.05, 3.63) is 11.6 Å². The molecule has 0 aromatic carbocycles. The smallest absolute Gasteiger partial charge is 0.00851 e. The van der Waals surface area contributed by atoms with Gasteiger partial charge >= 0.3 is 0 Å². The molecule has 4 aliphatic carbocycles. The molecule has 29 heavy (non-hydrogen) atoms. The normalized spacial score (nSPS) is 44.9. The van der Waals surface area contributed by atoms with E-state index in [1.807, 2.05) is 5.57 Å². The molecule has 3 fully saturated rings. The molecule has 0 bridgehead atoms. The van der Waals surface area contributed by atoms with Crippen molar-refractivity contribution >= 4 is 0 Å². The first-order valence-electron chi connectivity index (χ1n) is 12.9. The average molecular weight is 401 g/mol. The van der Waals surface area contributed by atoms with Crippen LogP contribution in [0.5, 0.6) is 0 Å². The van der Waals surface area contributed by atoms with E-state index in [0.29, 0.717) is 10.8 Å². The molecule has 8 unspecified atom stereocenters. The van der Waals surface area contributed by atoms with E-state index in [1.165, 1.54) is 70.6 Å². The van der Waals surface area contributed by atoms with E-state index >= 15 is 0 Å². The maximum absolute atomic E-state index is 2.75.